The highest BCUT2D eigenvalue weighted by Crippen LogP contribution is 2.21. The topological polar surface area (TPSA) is 110 Å². The van der Waals surface area contributed by atoms with Gasteiger partial charge in [0.25, 0.3) is 5.56 Å². The second-order valence-corrected chi connectivity index (χ2v) is 5.92. The van der Waals surface area contributed by atoms with Gasteiger partial charge in [0, 0.05) is 16.5 Å². The Morgan fingerprint density at radius 2 is 2.33 bits per heavy atom. The van der Waals surface area contributed by atoms with Gasteiger partial charge in [-0.25, -0.2) is 0 Å². The van der Waals surface area contributed by atoms with Gasteiger partial charge >= 0.3 is 5.97 Å². The van der Waals surface area contributed by atoms with Crippen LogP contribution in [0.1, 0.15) is 17.7 Å². The number of hydrogen-bond acceptors (Lipinski definition) is 6. The van der Waals surface area contributed by atoms with E-state index in [1.807, 2.05) is 6.07 Å². The summed E-state index contributed by atoms with van der Waals surface area (Å²) in [7, 11) is 1.52. The number of aryl methyl sites for hydroxylation is 1. The molecule has 0 saturated heterocycles. The summed E-state index contributed by atoms with van der Waals surface area (Å²) in [4.78, 5) is 22.9. The first kappa shape index (κ1) is 18.0. The van der Waals surface area contributed by atoms with Crippen LogP contribution in [0.2, 0.25) is 0 Å². The van der Waals surface area contributed by atoms with Gasteiger partial charge in [-0.05, 0) is 30.4 Å². The van der Waals surface area contributed by atoms with Crippen LogP contribution in [0.25, 0.3) is 0 Å². The molecule has 10 heteroatoms. The zero-order valence-corrected chi connectivity index (χ0v) is 14.9. The van der Waals surface area contributed by atoms with E-state index in [0.29, 0.717) is 11.3 Å². The number of aromatic nitrogens is 3. The average Bonchev–Trinajstić information content (AvgIpc) is 2.54. The minimum atomic E-state index is -1.02. The van der Waals surface area contributed by atoms with Crippen LogP contribution in [0, 0.1) is 4.77 Å². The van der Waals surface area contributed by atoms with Crippen LogP contribution in [0.3, 0.4) is 0 Å². The molecule has 2 aromatic rings. The van der Waals surface area contributed by atoms with E-state index in [4.69, 9.17) is 22.1 Å². The van der Waals surface area contributed by atoms with Crippen LogP contribution in [0.15, 0.2) is 32.6 Å². The first-order valence-electron chi connectivity index (χ1n) is 6.72. The number of carbonyl (C=O) groups is 1. The molecule has 0 fully saturated rings. The molecule has 0 amide bonds. The lowest BCUT2D eigenvalue weighted by Gasteiger charge is -2.05. The number of carboxylic acids is 1. The number of ether oxygens (including phenoxy) is 1. The number of nitrogens with zero attached hydrogens (tertiary/aromatic N) is 3. The quantitative estimate of drug-likeness (QED) is 0.554. The molecule has 1 aromatic carbocycles. The highest BCUT2D eigenvalue weighted by Gasteiger charge is 2.09. The molecule has 0 spiro atoms. The number of nitrogens with one attached hydrogen (secondary N) is 1. The van der Waals surface area contributed by atoms with Crippen LogP contribution in [-0.4, -0.2) is 39.3 Å². The second kappa shape index (κ2) is 7.97. The molecule has 1 aromatic heterocycles. The fraction of sp³-hybridized carbons (Fsp3) is 0.214. The molecular weight excluding hydrogens is 400 g/mol. The van der Waals surface area contributed by atoms with Gasteiger partial charge in [-0.1, -0.05) is 15.9 Å². The fourth-order valence-electron chi connectivity index (χ4n) is 1.84. The average molecular weight is 413 g/mol. The molecular formula is C14H13BrN4O4S. The molecule has 8 nitrogen and oxygen atoms in total. The first-order valence-corrected chi connectivity index (χ1v) is 7.93. The van der Waals surface area contributed by atoms with Crippen molar-refractivity contribution in [1.82, 2.24) is 14.9 Å². The molecule has 126 valence electrons. The Labute approximate surface area is 149 Å². The number of H-pyrrole nitrogens is 1. The summed E-state index contributed by atoms with van der Waals surface area (Å²) in [6.45, 7) is 0. The molecule has 2 N–H and O–H groups in total. The van der Waals surface area contributed by atoms with E-state index in [2.05, 4.69) is 31.2 Å². The van der Waals surface area contributed by atoms with Crippen molar-refractivity contribution in [2.24, 2.45) is 5.10 Å². The summed E-state index contributed by atoms with van der Waals surface area (Å²) >= 11 is 8.36. The third-order valence-corrected chi connectivity index (χ3v) is 3.76. The Morgan fingerprint density at radius 1 is 1.58 bits per heavy atom. The molecule has 0 unspecified atom stereocenters. The predicted octanol–water partition coefficient (Wildman–Crippen LogP) is 1.97. The molecule has 0 aliphatic carbocycles. The Morgan fingerprint density at radius 3 is 3.00 bits per heavy atom. The van der Waals surface area contributed by atoms with Gasteiger partial charge in [0.1, 0.15) is 11.4 Å². The van der Waals surface area contributed by atoms with Gasteiger partial charge in [0.15, 0.2) is 0 Å². The van der Waals surface area contributed by atoms with Gasteiger partial charge in [-0.2, -0.15) is 14.9 Å². The molecule has 0 aliphatic heterocycles. The number of rotatable bonds is 6. The SMILES string of the molecule is COc1ccc(Br)cc1/C=N\n1c(=S)[nH]nc(CCC(=O)O)c1=O. The van der Waals surface area contributed by atoms with Gasteiger partial charge in [0.05, 0.1) is 19.7 Å². The summed E-state index contributed by atoms with van der Waals surface area (Å²) in [5.74, 6) is -0.447. The van der Waals surface area contributed by atoms with Crippen molar-refractivity contribution in [2.75, 3.05) is 7.11 Å². The summed E-state index contributed by atoms with van der Waals surface area (Å²) in [6.07, 6.45) is 1.20. The number of methoxy groups -OCH3 is 1. The van der Waals surface area contributed by atoms with Crippen molar-refractivity contribution in [2.45, 2.75) is 12.8 Å². The van der Waals surface area contributed by atoms with Crippen molar-refractivity contribution in [1.29, 1.82) is 0 Å². The number of aromatic amines is 1. The third kappa shape index (κ3) is 4.36. The lowest BCUT2D eigenvalue weighted by molar-refractivity contribution is -0.136. The van der Waals surface area contributed by atoms with Gasteiger partial charge < -0.3 is 9.84 Å². The zero-order chi connectivity index (χ0) is 17.7. The molecule has 1 heterocycles. The zero-order valence-electron chi connectivity index (χ0n) is 12.5. The maximum Gasteiger partial charge on any atom is 0.303 e. The second-order valence-electron chi connectivity index (χ2n) is 4.62. The number of aliphatic carboxylic acids is 1. The van der Waals surface area contributed by atoms with Crippen LogP contribution >= 0.6 is 28.1 Å². The van der Waals surface area contributed by atoms with Crippen LogP contribution in [0.5, 0.6) is 5.75 Å². The summed E-state index contributed by atoms with van der Waals surface area (Å²) in [5, 5.41) is 19.0. The first-order chi connectivity index (χ1) is 11.4. The van der Waals surface area contributed by atoms with Crippen molar-refractivity contribution >= 4 is 40.3 Å². The monoisotopic (exact) mass is 412 g/mol. The van der Waals surface area contributed by atoms with Crippen LogP contribution in [0.4, 0.5) is 0 Å². The molecule has 0 bridgehead atoms. The van der Waals surface area contributed by atoms with Crippen molar-refractivity contribution in [3.05, 3.63) is 49.1 Å². The molecule has 0 saturated carbocycles. The third-order valence-electron chi connectivity index (χ3n) is 3.00. The maximum absolute atomic E-state index is 12.3. The van der Waals surface area contributed by atoms with E-state index in [9.17, 15) is 9.59 Å². The Kier molecular flexibility index (Phi) is 5.99. The lowest BCUT2D eigenvalue weighted by Crippen LogP contribution is -2.25. The van der Waals surface area contributed by atoms with Crippen molar-refractivity contribution < 1.29 is 14.6 Å². The molecule has 24 heavy (non-hydrogen) atoms. The minimum Gasteiger partial charge on any atom is -0.496 e. The number of hydrogen-bond donors (Lipinski definition) is 2. The summed E-state index contributed by atoms with van der Waals surface area (Å²) in [6, 6.07) is 5.33. The van der Waals surface area contributed by atoms with E-state index in [1.165, 1.54) is 13.3 Å². The van der Waals surface area contributed by atoms with Crippen LogP contribution in [-0.2, 0) is 11.2 Å². The summed E-state index contributed by atoms with van der Waals surface area (Å²) < 4.78 is 7.01. The van der Waals surface area contributed by atoms with Crippen molar-refractivity contribution in [3.63, 3.8) is 0 Å². The minimum absolute atomic E-state index is 0.00397. The highest BCUT2D eigenvalue weighted by atomic mass is 79.9. The largest absolute Gasteiger partial charge is 0.496 e. The van der Waals surface area contributed by atoms with Gasteiger partial charge in [-0.3, -0.25) is 14.7 Å². The summed E-state index contributed by atoms with van der Waals surface area (Å²) in [5.41, 5.74) is 0.117. The standard InChI is InChI=1S/C14H13BrN4O4S/c1-23-11-4-2-9(15)6-8(11)7-16-19-13(22)10(3-5-12(20)21)17-18-14(19)24/h2,4,6-7H,3,5H2,1H3,(H,18,24)(H,20,21)/b16-7-. The number of benzene rings is 1. The van der Waals surface area contributed by atoms with E-state index < -0.39 is 11.5 Å². The normalized spacial score (nSPS) is 10.9. The Hall–Kier alpha value is -2.33. The molecule has 2 rings (SSSR count). The van der Waals surface area contributed by atoms with Crippen LogP contribution < -0.4 is 10.3 Å². The lowest BCUT2D eigenvalue weighted by atomic mass is 10.2. The molecule has 0 atom stereocenters. The highest BCUT2D eigenvalue weighted by molar-refractivity contribution is 9.10. The van der Waals surface area contributed by atoms with Crippen molar-refractivity contribution in [3.8, 4) is 5.75 Å². The number of halogens is 1. The van der Waals surface area contributed by atoms with Gasteiger partial charge in [-0.15, -0.1) is 0 Å². The fourth-order valence-corrected chi connectivity index (χ4v) is 2.40. The maximum atomic E-state index is 12.3. The molecule has 0 radical (unpaired) electrons. The Bertz CT molecular complexity index is 906. The number of carboxylic acid groups (broad SMARTS) is 1. The van der Waals surface area contributed by atoms with E-state index in [0.717, 1.165) is 9.15 Å². The van der Waals surface area contributed by atoms with E-state index >= 15 is 0 Å². The predicted molar refractivity (Wildman–Crippen MR) is 93.3 cm³/mol. The Balaban J connectivity index is 2.41. The molecule has 0 aliphatic rings. The van der Waals surface area contributed by atoms with E-state index in [1.54, 1.807) is 12.1 Å². The van der Waals surface area contributed by atoms with Gasteiger partial charge in [0.2, 0.25) is 4.77 Å². The smallest absolute Gasteiger partial charge is 0.303 e. The van der Waals surface area contributed by atoms with E-state index in [-0.39, 0.29) is 23.3 Å².